The van der Waals surface area contributed by atoms with Gasteiger partial charge in [0.1, 0.15) is 0 Å². The van der Waals surface area contributed by atoms with Gasteiger partial charge in [0.25, 0.3) is 0 Å². The first-order valence-corrected chi connectivity index (χ1v) is 9.64. The number of halogens is 1. The minimum atomic E-state index is -0.0133. The van der Waals surface area contributed by atoms with E-state index in [4.69, 9.17) is 0 Å². The van der Waals surface area contributed by atoms with Crippen molar-refractivity contribution in [3.8, 4) is 0 Å². The molecule has 2 N–H and O–H groups in total. The summed E-state index contributed by atoms with van der Waals surface area (Å²) in [6.07, 6.45) is 8.80. The molecule has 3 aliphatic rings. The average Bonchev–Trinajstić information content (AvgIpc) is 3.32. The SMILES string of the molecule is CC(C(=O)N1CCCC(CNC(=O)C2CCCN2)C1)=C1CCCC1.Cl. The summed E-state index contributed by atoms with van der Waals surface area (Å²) >= 11 is 0. The first kappa shape index (κ1) is 20.2. The van der Waals surface area contributed by atoms with Crippen LogP contribution in [0.2, 0.25) is 0 Å². The van der Waals surface area contributed by atoms with E-state index in [0.29, 0.717) is 12.5 Å². The first-order chi connectivity index (χ1) is 11.6. The van der Waals surface area contributed by atoms with Gasteiger partial charge >= 0.3 is 0 Å². The molecule has 2 saturated heterocycles. The van der Waals surface area contributed by atoms with Gasteiger partial charge in [-0.15, -0.1) is 12.4 Å². The Morgan fingerprint density at radius 2 is 1.92 bits per heavy atom. The Balaban J connectivity index is 0.00000225. The van der Waals surface area contributed by atoms with E-state index in [9.17, 15) is 9.59 Å². The van der Waals surface area contributed by atoms with E-state index in [1.54, 1.807) is 0 Å². The maximum atomic E-state index is 12.7. The van der Waals surface area contributed by atoms with E-state index in [0.717, 1.165) is 63.7 Å². The molecule has 6 heteroatoms. The van der Waals surface area contributed by atoms with Gasteiger partial charge in [-0.2, -0.15) is 0 Å². The fourth-order valence-electron chi connectivity index (χ4n) is 4.26. The number of allylic oxidation sites excluding steroid dienone is 1. The number of nitrogens with zero attached hydrogens (tertiary/aromatic N) is 1. The van der Waals surface area contributed by atoms with Crippen LogP contribution in [0.1, 0.15) is 58.3 Å². The molecule has 2 unspecified atom stereocenters. The van der Waals surface area contributed by atoms with Crippen molar-refractivity contribution in [1.82, 2.24) is 15.5 Å². The third-order valence-electron chi connectivity index (χ3n) is 5.81. The van der Waals surface area contributed by atoms with Crippen LogP contribution in [-0.4, -0.2) is 48.9 Å². The second-order valence-electron chi connectivity index (χ2n) is 7.59. The van der Waals surface area contributed by atoms with Gasteiger partial charge in [0.2, 0.25) is 11.8 Å². The highest BCUT2D eigenvalue weighted by atomic mass is 35.5. The van der Waals surface area contributed by atoms with Gasteiger partial charge in [-0.25, -0.2) is 0 Å². The molecular weight excluding hydrogens is 338 g/mol. The molecule has 0 spiro atoms. The molecule has 0 aromatic heterocycles. The Labute approximate surface area is 157 Å². The minimum Gasteiger partial charge on any atom is -0.354 e. The van der Waals surface area contributed by atoms with Crippen molar-refractivity contribution < 1.29 is 9.59 Å². The lowest BCUT2D eigenvalue weighted by Crippen LogP contribution is -2.47. The Hall–Kier alpha value is -1.07. The predicted molar refractivity (Wildman–Crippen MR) is 102 cm³/mol. The molecule has 2 atom stereocenters. The molecule has 2 heterocycles. The largest absolute Gasteiger partial charge is 0.354 e. The highest BCUT2D eigenvalue weighted by Crippen LogP contribution is 2.28. The van der Waals surface area contributed by atoms with Crippen LogP contribution in [0.5, 0.6) is 0 Å². The summed E-state index contributed by atoms with van der Waals surface area (Å²) in [4.78, 5) is 26.9. The highest BCUT2D eigenvalue weighted by molar-refractivity contribution is 5.93. The molecule has 0 aromatic rings. The third-order valence-corrected chi connectivity index (χ3v) is 5.81. The lowest BCUT2D eigenvalue weighted by molar-refractivity contribution is -0.128. The van der Waals surface area contributed by atoms with E-state index in [1.807, 2.05) is 11.8 Å². The smallest absolute Gasteiger partial charge is 0.249 e. The topological polar surface area (TPSA) is 61.4 Å². The molecule has 25 heavy (non-hydrogen) atoms. The van der Waals surface area contributed by atoms with E-state index >= 15 is 0 Å². The van der Waals surface area contributed by atoms with E-state index in [1.165, 1.54) is 18.4 Å². The van der Waals surface area contributed by atoms with Crippen LogP contribution in [0.15, 0.2) is 11.1 Å². The Kier molecular flexibility index (Phi) is 7.76. The number of rotatable bonds is 4. The molecule has 2 amide bonds. The van der Waals surface area contributed by atoms with Crippen LogP contribution in [0.4, 0.5) is 0 Å². The number of hydrogen-bond donors (Lipinski definition) is 2. The second-order valence-corrected chi connectivity index (χ2v) is 7.59. The molecule has 0 bridgehead atoms. The predicted octanol–water partition coefficient (Wildman–Crippen LogP) is 2.41. The first-order valence-electron chi connectivity index (χ1n) is 9.64. The molecule has 1 saturated carbocycles. The summed E-state index contributed by atoms with van der Waals surface area (Å²) in [6.45, 7) is 5.27. The monoisotopic (exact) mass is 369 g/mol. The molecule has 0 aromatic carbocycles. The number of nitrogens with one attached hydrogen (secondary N) is 2. The maximum Gasteiger partial charge on any atom is 0.249 e. The quantitative estimate of drug-likeness (QED) is 0.748. The number of piperidine rings is 1. The zero-order valence-corrected chi connectivity index (χ0v) is 16.1. The fraction of sp³-hybridized carbons (Fsp3) is 0.789. The van der Waals surface area contributed by atoms with Gasteiger partial charge in [-0.05, 0) is 70.8 Å². The lowest BCUT2D eigenvalue weighted by atomic mass is 9.96. The van der Waals surface area contributed by atoms with Crippen molar-refractivity contribution in [2.45, 2.75) is 64.3 Å². The fourth-order valence-corrected chi connectivity index (χ4v) is 4.26. The van der Waals surface area contributed by atoms with E-state index in [2.05, 4.69) is 10.6 Å². The van der Waals surface area contributed by atoms with Crippen LogP contribution in [0.3, 0.4) is 0 Å². The average molecular weight is 370 g/mol. The van der Waals surface area contributed by atoms with Crippen molar-refractivity contribution in [1.29, 1.82) is 0 Å². The van der Waals surface area contributed by atoms with Crippen molar-refractivity contribution in [2.75, 3.05) is 26.2 Å². The van der Waals surface area contributed by atoms with Crippen molar-refractivity contribution in [3.63, 3.8) is 0 Å². The summed E-state index contributed by atoms with van der Waals surface area (Å²) < 4.78 is 0. The van der Waals surface area contributed by atoms with Gasteiger partial charge in [-0.1, -0.05) is 5.57 Å². The maximum absolute atomic E-state index is 12.7. The van der Waals surface area contributed by atoms with E-state index < -0.39 is 0 Å². The van der Waals surface area contributed by atoms with Gasteiger partial charge in [-0.3, -0.25) is 9.59 Å². The van der Waals surface area contributed by atoms with Crippen molar-refractivity contribution in [3.05, 3.63) is 11.1 Å². The summed E-state index contributed by atoms with van der Waals surface area (Å²) in [6, 6.07) is -0.0133. The normalized spacial score (nSPS) is 26.3. The van der Waals surface area contributed by atoms with E-state index in [-0.39, 0.29) is 30.3 Å². The Morgan fingerprint density at radius 3 is 2.60 bits per heavy atom. The number of hydrogen-bond acceptors (Lipinski definition) is 3. The zero-order valence-electron chi connectivity index (χ0n) is 15.3. The molecule has 0 radical (unpaired) electrons. The Bertz CT molecular complexity index is 507. The standard InChI is InChI=1S/C19H31N3O2.ClH/c1-14(16-7-2-3-8-16)19(24)22-11-5-6-15(13-22)12-21-18(23)17-9-4-10-20-17;/h15,17,20H,2-13H2,1H3,(H,21,23);1H. The minimum absolute atomic E-state index is 0. The van der Waals surface area contributed by atoms with Crippen molar-refractivity contribution >= 4 is 24.2 Å². The van der Waals surface area contributed by atoms with Gasteiger partial charge in [0, 0.05) is 25.2 Å². The zero-order chi connectivity index (χ0) is 16.9. The number of likely N-dealkylation sites (tertiary alicyclic amines) is 1. The molecule has 2 aliphatic heterocycles. The van der Waals surface area contributed by atoms with Gasteiger partial charge in [0.05, 0.1) is 6.04 Å². The second kappa shape index (κ2) is 9.58. The Morgan fingerprint density at radius 1 is 1.16 bits per heavy atom. The van der Waals surface area contributed by atoms with Gasteiger partial charge < -0.3 is 15.5 Å². The summed E-state index contributed by atoms with van der Waals surface area (Å²) in [5.41, 5.74) is 2.34. The van der Waals surface area contributed by atoms with Crippen LogP contribution in [-0.2, 0) is 9.59 Å². The van der Waals surface area contributed by atoms with Crippen LogP contribution in [0.25, 0.3) is 0 Å². The van der Waals surface area contributed by atoms with Crippen LogP contribution >= 0.6 is 12.4 Å². The van der Waals surface area contributed by atoms with Crippen LogP contribution in [0, 0.1) is 5.92 Å². The number of carbonyl (C=O) groups is 2. The number of carbonyl (C=O) groups excluding carboxylic acids is 2. The third kappa shape index (κ3) is 5.20. The van der Waals surface area contributed by atoms with Crippen LogP contribution < -0.4 is 10.6 Å². The summed E-state index contributed by atoms with van der Waals surface area (Å²) in [5.74, 6) is 0.732. The van der Waals surface area contributed by atoms with Crippen molar-refractivity contribution in [2.24, 2.45) is 5.92 Å². The summed E-state index contributed by atoms with van der Waals surface area (Å²) in [5, 5.41) is 6.32. The molecule has 1 aliphatic carbocycles. The molecule has 3 rings (SSSR count). The lowest BCUT2D eigenvalue weighted by Gasteiger charge is -2.33. The number of amides is 2. The molecule has 5 nitrogen and oxygen atoms in total. The molecular formula is C19H32ClN3O2. The molecule has 142 valence electrons. The van der Waals surface area contributed by atoms with Gasteiger partial charge in [0.15, 0.2) is 0 Å². The molecule has 3 fully saturated rings. The summed E-state index contributed by atoms with van der Waals surface area (Å²) in [7, 11) is 0. The highest BCUT2D eigenvalue weighted by Gasteiger charge is 2.27.